The number of amides is 1. The second-order valence-electron chi connectivity index (χ2n) is 7.52. The number of H-pyrrole nitrogens is 1. The molecule has 1 aromatic heterocycles. The predicted octanol–water partition coefficient (Wildman–Crippen LogP) is 4.88. The Bertz CT molecular complexity index is 970. The number of aromatic amines is 1. The van der Waals surface area contributed by atoms with Gasteiger partial charge in [0.25, 0.3) is 0 Å². The molecule has 0 saturated carbocycles. The van der Waals surface area contributed by atoms with E-state index in [1.165, 1.54) is 22.0 Å². The third kappa shape index (κ3) is 3.39. The molecule has 0 bridgehead atoms. The van der Waals surface area contributed by atoms with E-state index >= 15 is 0 Å². The molecule has 3 aromatic rings. The van der Waals surface area contributed by atoms with E-state index < -0.39 is 0 Å². The maximum absolute atomic E-state index is 13.1. The molecule has 28 heavy (non-hydrogen) atoms. The summed E-state index contributed by atoms with van der Waals surface area (Å²) in [6, 6.07) is 14.5. The Hall–Kier alpha value is -2.75. The minimum atomic E-state index is -0.0369. The molecule has 4 nitrogen and oxygen atoms in total. The average molecular weight is 376 g/mol. The fourth-order valence-electron chi connectivity index (χ4n) is 4.43. The molecule has 4 heteroatoms. The van der Waals surface area contributed by atoms with Gasteiger partial charge in [0.1, 0.15) is 5.75 Å². The summed E-state index contributed by atoms with van der Waals surface area (Å²) in [5.41, 5.74) is 4.71. The van der Waals surface area contributed by atoms with Crippen LogP contribution in [0.3, 0.4) is 0 Å². The van der Waals surface area contributed by atoms with Crippen molar-refractivity contribution in [2.24, 2.45) is 0 Å². The Labute approximate surface area is 166 Å². The number of carbonyl (C=O) groups excluding carboxylic acids is 1. The van der Waals surface area contributed by atoms with Gasteiger partial charge in [-0.1, -0.05) is 43.3 Å². The van der Waals surface area contributed by atoms with Crippen LogP contribution in [0, 0.1) is 0 Å². The van der Waals surface area contributed by atoms with E-state index in [1.54, 1.807) is 7.11 Å². The van der Waals surface area contributed by atoms with Crippen molar-refractivity contribution in [1.82, 2.24) is 9.88 Å². The summed E-state index contributed by atoms with van der Waals surface area (Å²) in [5, 5.41) is 1.20. The van der Waals surface area contributed by atoms with Crippen LogP contribution >= 0.6 is 0 Å². The lowest BCUT2D eigenvalue weighted by Crippen LogP contribution is -2.29. The first-order valence-electron chi connectivity index (χ1n) is 10.2. The lowest BCUT2D eigenvalue weighted by Gasteiger charge is -2.23. The van der Waals surface area contributed by atoms with Crippen LogP contribution in [0.1, 0.15) is 48.8 Å². The number of fused-ring (bicyclic) bond motifs is 1. The van der Waals surface area contributed by atoms with E-state index in [9.17, 15) is 4.79 Å². The SMILES string of the molecule is CCc1cccc2c(C(CC(=O)N3CCCC3)c3ccccc3OC)c[nH]c12. The zero-order valence-corrected chi connectivity index (χ0v) is 16.7. The lowest BCUT2D eigenvalue weighted by molar-refractivity contribution is -0.130. The molecule has 1 aliphatic heterocycles. The summed E-state index contributed by atoms with van der Waals surface area (Å²) < 4.78 is 5.65. The Morgan fingerprint density at radius 1 is 1.11 bits per heavy atom. The first-order chi connectivity index (χ1) is 13.7. The van der Waals surface area contributed by atoms with Crippen molar-refractivity contribution in [3.05, 3.63) is 65.4 Å². The standard InChI is InChI=1S/C24H28N2O2/c1-3-17-9-8-11-19-21(16-25-24(17)19)20(15-23(27)26-13-6-7-14-26)18-10-4-5-12-22(18)28-2/h4-5,8-12,16,20,25H,3,6-7,13-15H2,1-2H3. The number of para-hydroxylation sites is 2. The monoisotopic (exact) mass is 376 g/mol. The van der Waals surface area contributed by atoms with Crippen LogP contribution in [0.25, 0.3) is 10.9 Å². The van der Waals surface area contributed by atoms with Crippen LogP contribution in [-0.2, 0) is 11.2 Å². The van der Waals surface area contributed by atoms with Crippen molar-refractivity contribution in [2.75, 3.05) is 20.2 Å². The Kier molecular flexibility index (Phi) is 5.38. The number of likely N-dealkylation sites (tertiary alicyclic amines) is 1. The largest absolute Gasteiger partial charge is 0.496 e. The van der Waals surface area contributed by atoms with E-state index in [0.717, 1.165) is 43.7 Å². The summed E-state index contributed by atoms with van der Waals surface area (Å²) in [6.45, 7) is 3.93. The highest BCUT2D eigenvalue weighted by Crippen LogP contribution is 2.39. The number of benzene rings is 2. The van der Waals surface area contributed by atoms with Crippen molar-refractivity contribution in [1.29, 1.82) is 0 Å². The Morgan fingerprint density at radius 2 is 1.89 bits per heavy atom. The highest BCUT2D eigenvalue weighted by molar-refractivity contribution is 5.88. The number of aromatic nitrogens is 1. The van der Waals surface area contributed by atoms with E-state index in [-0.39, 0.29) is 11.8 Å². The van der Waals surface area contributed by atoms with Gasteiger partial charge in [-0.15, -0.1) is 0 Å². The second kappa shape index (κ2) is 8.09. The van der Waals surface area contributed by atoms with Gasteiger partial charge in [0.15, 0.2) is 0 Å². The Balaban J connectivity index is 1.80. The summed E-state index contributed by atoms with van der Waals surface area (Å²) in [5.74, 6) is 1.03. The van der Waals surface area contributed by atoms with Crippen LogP contribution in [0.5, 0.6) is 5.75 Å². The van der Waals surface area contributed by atoms with E-state index in [1.807, 2.05) is 23.1 Å². The third-order valence-corrected chi connectivity index (χ3v) is 5.94. The molecule has 146 valence electrons. The molecule has 1 unspecified atom stereocenters. The molecule has 2 aromatic carbocycles. The molecule has 0 spiro atoms. The number of rotatable bonds is 6. The van der Waals surface area contributed by atoms with Gasteiger partial charge in [0.2, 0.25) is 5.91 Å². The summed E-state index contributed by atoms with van der Waals surface area (Å²) >= 11 is 0. The topological polar surface area (TPSA) is 45.3 Å². The van der Waals surface area contributed by atoms with Crippen molar-refractivity contribution in [3.8, 4) is 5.75 Å². The van der Waals surface area contributed by atoms with E-state index in [4.69, 9.17) is 4.74 Å². The summed E-state index contributed by atoms with van der Waals surface area (Å²) in [7, 11) is 1.70. The molecule has 0 radical (unpaired) electrons. The van der Waals surface area contributed by atoms with Crippen LogP contribution < -0.4 is 4.74 Å². The Morgan fingerprint density at radius 3 is 2.64 bits per heavy atom. The third-order valence-electron chi connectivity index (χ3n) is 5.94. The number of methoxy groups -OCH3 is 1. The molecule has 1 atom stereocenters. The summed E-state index contributed by atoms with van der Waals surface area (Å²) in [4.78, 5) is 18.5. The highest BCUT2D eigenvalue weighted by Gasteiger charge is 2.27. The summed E-state index contributed by atoms with van der Waals surface area (Å²) in [6.07, 6.45) is 5.74. The minimum absolute atomic E-state index is 0.0369. The number of carbonyl (C=O) groups is 1. The molecule has 1 fully saturated rings. The maximum atomic E-state index is 13.1. The van der Waals surface area contributed by atoms with Crippen molar-refractivity contribution >= 4 is 16.8 Å². The van der Waals surface area contributed by atoms with Gasteiger partial charge in [-0.2, -0.15) is 0 Å². The van der Waals surface area contributed by atoms with Crippen LogP contribution in [-0.4, -0.2) is 36.0 Å². The van der Waals surface area contributed by atoms with Gasteiger partial charge in [0.05, 0.1) is 7.11 Å². The maximum Gasteiger partial charge on any atom is 0.223 e. The van der Waals surface area contributed by atoms with Crippen molar-refractivity contribution in [3.63, 3.8) is 0 Å². The second-order valence-corrected chi connectivity index (χ2v) is 7.52. The first kappa shape index (κ1) is 18.6. The van der Waals surface area contributed by atoms with Gasteiger partial charge in [-0.25, -0.2) is 0 Å². The van der Waals surface area contributed by atoms with Gasteiger partial charge in [0, 0.05) is 48.1 Å². The van der Waals surface area contributed by atoms with Crippen LogP contribution in [0.15, 0.2) is 48.7 Å². The van der Waals surface area contributed by atoms with Gasteiger partial charge < -0.3 is 14.6 Å². The molecule has 1 amide bonds. The normalized spacial score (nSPS) is 15.1. The molecule has 1 saturated heterocycles. The van der Waals surface area contributed by atoms with Crippen molar-refractivity contribution < 1.29 is 9.53 Å². The number of nitrogens with zero attached hydrogens (tertiary/aromatic N) is 1. The number of ether oxygens (including phenoxy) is 1. The molecule has 1 aliphatic rings. The first-order valence-corrected chi connectivity index (χ1v) is 10.2. The van der Waals surface area contributed by atoms with E-state index in [2.05, 4.69) is 42.4 Å². The average Bonchev–Trinajstić information content (AvgIpc) is 3.42. The van der Waals surface area contributed by atoms with Gasteiger partial charge in [-0.3, -0.25) is 4.79 Å². The zero-order chi connectivity index (χ0) is 19.5. The molecule has 0 aliphatic carbocycles. The lowest BCUT2D eigenvalue weighted by atomic mass is 9.87. The predicted molar refractivity (Wildman–Crippen MR) is 113 cm³/mol. The van der Waals surface area contributed by atoms with Gasteiger partial charge >= 0.3 is 0 Å². The number of nitrogens with one attached hydrogen (secondary N) is 1. The minimum Gasteiger partial charge on any atom is -0.496 e. The zero-order valence-electron chi connectivity index (χ0n) is 16.7. The van der Waals surface area contributed by atoms with Crippen LogP contribution in [0.4, 0.5) is 0 Å². The molecule has 2 heterocycles. The number of hydrogen-bond acceptors (Lipinski definition) is 2. The number of aryl methyl sites for hydroxylation is 1. The van der Waals surface area contributed by atoms with E-state index in [0.29, 0.717) is 6.42 Å². The molecule has 1 N–H and O–H groups in total. The van der Waals surface area contributed by atoms with Gasteiger partial charge in [-0.05, 0) is 36.5 Å². The fraction of sp³-hybridized carbons (Fsp3) is 0.375. The van der Waals surface area contributed by atoms with Crippen LogP contribution in [0.2, 0.25) is 0 Å². The molecular formula is C24H28N2O2. The quantitative estimate of drug-likeness (QED) is 0.666. The number of hydrogen-bond donors (Lipinski definition) is 1. The molecule has 4 rings (SSSR count). The molecular weight excluding hydrogens is 348 g/mol. The highest BCUT2D eigenvalue weighted by atomic mass is 16.5. The smallest absolute Gasteiger partial charge is 0.223 e. The fourth-order valence-corrected chi connectivity index (χ4v) is 4.43. The van der Waals surface area contributed by atoms with Crippen molar-refractivity contribution in [2.45, 2.75) is 38.5 Å².